The van der Waals surface area contributed by atoms with Gasteiger partial charge < -0.3 is 5.73 Å². The topological polar surface area (TPSA) is 63.4 Å². The Morgan fingerprint density at radius 1 is 1.00 bits per heavy atom. The van der Waals surface area contributed by atoms with Gasteiger partial charge >= 0.3 is 0 Å². The summed E-state index contributed by atoms with van der Waals surface area (Å²) < 4.78 is 27.3. The van der Waals surface area contributed by atoms with Gasteiger partial charge in [0.1, 0.15) is 0 Å². The highest BCUT2D eigenvalue weighted by atomic mass is 32.2. The van der Waals surface area contributed by atoms with Gasteiger partial charge in [-0.15, -0.1) is 0 Å². The van der Waals surface area contributed by atoms with Gasteiger partial charge in [-0.25, -0.2) is 8.42 Å². The van der Waals surface area contributed by atoms with Crippen LogP contribution in [-0.4, -0.2) is 25.3 Å². The fraction of sp³-hybridized carbons (Fsp3) is 0.600. The Balaban J connectivity index is 1.87. The van der Waals surface area contributed by atoms with Gasteiger partial charge in [-0.05, 0) is 55.9 Å². The van der Waals surface area contributed by atoms with E-state index in [-0.39, 0.29) is 6.04 Å². The lowest BCUT2D eigenvalue weighted by atomic mass is 9.97. The van der Waals surface area contributed by atoms with Crippen LogP contribution in [0.2, 0.25) is 0 Å². The SMILES string of the molecule is Nc1ccc(S(=O)(=O)N2CCCC2C2CCCC2)cc1. The van der Waals surface area contributed by atoms with Crippen molar-refractivity contribution >= 4 is 15.7 Å². The van der Waals surface area contributed by atoms with Gasteiger partial charge in [0.25, 0.3) is 0 Å². The molecule has 1 atom stereocenters. The van der Waals surface area contributed by atoms with Crippen LogP contribution in [0.5, 0.6) is 0 Å². The first-order valence-electron chi connectivity index (χ1n) is 7.46. The van der Waals surface area contributed by atoms with Crippen LogP contribution >= 0.6 is 0 Å². The van der Waals surface area contributed by atoms with Crippen molar-refractivity contribution in [3.63, 3.8) is 0 Å². The van der Waals surface area contributed by atoms with Crippen molar-refractivity contribution in [1.29, 1.82) is 0 Å². The van der Waals surface area contributed by atoms with Crippen molar-refractivity contribution in [1.82, 2.24) is 4.31 Å². The van der Waals surface area contributed by atoms with Crippen molar-refractivity contribution in [2.24, 2.45) is 5.92 Å². The molecule has 2 aliphatic rings. The maximum Gasteiger partial charge on any atom is 0.243 e. The van der Waals surface area contributed by atoms with Gasteiger partial charge in [0, 0.05) is 18.3 Å². The Bertz CT molecular complexity index is 562. The first-order valence-corrected chi connectivity index (χ1v) is 8.90. The number of benzene rings is 1. The van der Waals surface area contributed by atoms with Crippen LogP contribution in [0.1, 0.15) is 38.5 Å². The van der Waals surface area contributed by atoms with E-state index < -0.39 is 10.0 Å². The van der Waals surface area contributed by atoms with E-state index >= 15 is 0 Å². The number of anilines is 1. The molecular formula is C15H22N2O2S. The summed E-state index contributed by atoms with van der Waals surface area (Å²) in [4.78, 5) is 0.372. The van der Waals surface area contributed by atoms with Crippen LogP contribution in [0.4, 0.5) is 5.69 Å². The molecule has 3 rings (SSSR count). The minimum atomic E-state index is -3.36. The molecule has 0 radical (unpaired) electrons. The highest BCUT2D eigenvalue weighted by molar-refractivity contribution is 7.89. The molecule has 20 heavy (non-hydrogen) atoms. The first-order chi connectivity index (χ1) is 9.59. The maximum atomic E-state index is 12.8. The molecule has 2 fully saturated rings. The number of sulfonamides is 1. The summed E-state index contributed by atoms with van der Waals surface area (Å²) in [5.41, 5.74) is 6.24. The van der Waals surface area contributed by atoms with Gasteiger partial charge in [-0.1, -0.05) is 12.8 Å². The number of nitrogen functional groups attached to an aromatic ring is 1. The standard InChI is InChI=1S/C15H22N2O2S/c16-13-7-9-14(10-8-13)20(18,19)17-11-3-6-15(17)12-4-1-2-5-12/h7-10,12,15H,1-6,11,16H2. The van der Waals surface area contributed by atoms with Gasteiger partial charge in [0.2, 0.25) is 10.0 Å². The van der Waals surface area contributed by atoms with Gasteiger partial charge in [-0.2, -0.15) is 4.31 Å². The Kier molecular flexibility index (Phi) is 3.73. The second-order valence-electron chi connectivity index (χ2n) is 5.94. The number of hydrogen-bond acceptors (Lipinski definition) is 3. The highest BCUT2D eigenvalue weighted by Gasteiger charge is 2.40. The van der Waals surface area contributed by atoms with Gasteiger partial charge in [0.15, 0.2) is 0 Å². The summed E-state index contributed by atoms with van der Waals surface area (Å²) in [6, 6.07) is 6.77. The molecule has 110 valence electrons. The quantitative estimate of drug-likeness (QED) is 0.872. The average Bonchev–Trinajstić information content (AvgIpc) is 3.10. The summed E-state index contributed by atoms with van der Waals surface area (Å²) in [6.07, 6.45) is 6.85. The minimum absolute atomic E-state index is 0.208. The zero-order valence-corrected chi connectivity index (χ0v) is 12.5. The van der Waals surface area contributed by atoms with Crippen molar-refractivity contribution in [2.45, 2.75) is 49.5 Å². The summed E-state index contributed by atoms with van der Waals surface area (Å²) in [5, 5.41) is 0. The molecule has 0 bridgehead atoms. The number of nitrogens with two attached hydrogens (primary N) is 1. The smallest absolute Gasteiger partial charge is 0.243 e. The van der Waals surface area contributed by atoms with Crippen molar-refractivity contribution in [3.8, 4) is 0 Å². The predicted octanol–water partition coefficient (Wildman–Crippen LogP) is 2.61. The van der Waals surface area contributed by atoms with Crippen LogP contribution < -0.4 is 5.73 Å². The van der Waals surface area contributed by atoms with Crippen LogP contribution in [0.15, 0.2) is 29.2 Å². The Morgan fingerprint density at radius 2 is 1.65 bits per heavy atom. The summed E-state index contributed by atoms with van der Waals surface area (Å²) in [7, 11) is -3.36. The molecule has 5 heteroatoms. The second kappa shape index (κ2) is 5.37. The van der Waals surface area contributed by atoms with Crippen molar-refractivity contribution < 1.29 is 8.42 Å². The largest absolute Gasteiger partial charge is 0.399 e. The third-order valence-electron chi connectivity index (χ3n) is 4.68. The summed E-state index contributed by atoms with van der Waals surface area (Å²) in [6.45, 7) is 0.661. The fourth-order valence-corrected chi connectivity index (χ4v) is 5.41. The van der Waals surface area contributed by atoms with E-state index in [0.717, 1.165) is 12.8 Å². The van der Waals surface area contributed by atoms with Crippen LogP contribution in [0.3, 0.4) is 0 Å². The third kappa shape index (κ3) is 2.44. The van der Waals surface area contributed by atoms with Gasteiger partial charge in [-0.3, -0.25) is 0 Å². The molecule has 0 amide bonds. The normalized spacial score (nSPS) is 25.3. The number of rotatable bonds is 3. The van der Waals surface area contributed by atoms with E-state index in [4.69, 9.17) is 5.73 Å². The van der Waals surface area contributed by atoms with Crippen LogP contribution in [0, 0.1) is 5.92 Å². The zero-order valence-electron chi connectivity index (χ0n) is 11.7. The summed E-state index contributed by atoms with van der Waals surface area (Å²) >= 11 is 0. The second-order valence-corrected chi connectivity index (χ2v) is 7.83. The monoisotopic (exact) mass is 294 g/mol. The Hall–Kier alpha value is -1.07. The van der Waals surface area contributed by atoms with E-state index in [9.17, 15) is 8.42 Å². The van der Waals surface area contributed by atoms with Crippen molar-refractivity contribution in [2.75, 3.05) is 12.3 Å². The fourth-order valence-electron chi connectivity index (χ4n) is 3.65. The molecular weight excluding hydrogens is 272 g/mol. The molecule has 0 spiro atoms. The van der Waals surface area contributed by atoms with Crippen LogP contribution in [0.25, 0.3) is 0 Å². The molecule has 1 saturated carbocycles. The molecule has 2 N–H and O–H groups in total. The summed E-state index contributed by atoms with van der Waals surface area (Å²) in [5.74, 6) is 0.557. The molecule has 1 heterocycles. The zero-order chi connectivity index (χ0) is 14.2. The molecule has 0 aromatic heterocycles. The minimum Gasteiger partial charge on any atom is -0.399 e. The number of nitrogens with zero attached hydrogens (tertiary/aromatic N) is 1. The maximum absolute atomic E-state index is 12.8. The van der Waals surface area contributed by atoms with Gasteiger partial charge in [0.05, 0.1) is 4.90 Å². The molecule has 4 nitrogen and oxygen atoms in total. The lowest BCUT2D eigenvalue weighted by molar-refractivity contribution is 0.288. The molecule has 1 aromatic rings. The lowest BCUT2D eigenvalue weighted by Crippen LogP contribution is -2.39. The van der Waals surface area contributed by atoms with E-state index in [2.05, 4.69) is 0 Å². The Morgan fingerprint density at radius 3 is 2.30 bits per heavy atom. The predicted molar refractivity (Wildman–Crippen MR) is 79.7 cm³/mol. The Labute approximate surface area is 121 Å². The first kappa shape index (κ1) is 13.9. The molecule has 1 unspecified atom stereocenters. The highest BCUT2D eigenvalue weighted by Crippen LogP contribution is 2.38. The average molecular weight is 294 g/mol. The third-order valence-corrected chi connectivity index (χ3v) is 6.62. The van der Waals surface area contributed by atoms with Crippen molar-refractivity contribution in [3.05, 3.63) is 24.3 Å². The molecule has 1 aromatic carbocycles. The lowest BCUT2D eigenvalue weighted by Gasteiger charge is -2.28. The molecule has 1 aliphatic carbocycles. The van der Waals surface area contributed by atoms with Crippen LogP contribution in [-0.2, 0) is 10.0 Å². The molecule has 1 saturated heterocycles. The number of hydrogen-bond donors (Lipinski definition) is 1. The van der Waals surface area contributed by atoms with E-state index in [1.165, 1.54) is 25.7 Å². The molecule has 1 aliphatic heterocycles. The van der Waals surface area contributed by atoms with E-state index in [1.807, 2.05) is 0 Å². The van der Waals surface area contributed by atoms with E-state index in [1.54, 1.807) is 28.6 Å². The van der Waals surface area contributed by atoms with E-state index in [0.29, 0.717) is 23.0 Å².